The van der Waals surface area contributed by atoms with Gasteiger partial charge >= 0.3 is 0 Å². The van der Waals surface area contributed by atoms with Gasteiger partial charge in [0.2, 0.25) is 5.91 Å². The molecule has 0 fully saturated rings. The molecule has 0 radical (unpaired) electrons. The van der Waals surface area contributed by atoms with Crippen LogP contribution in [0.25, 0.3) is 0 Å². The summed E-state index contributed by atoms with van der Waals surface area (Å²) in [6.45, 7) is 7.19. The van der Waals surface area contributed by atoms with E-state index in [1.165, 1.54) is 0 Å². The highest BCUT2D eigenvalue weighted by Crippen LogP contribution is 1.97. The van der Waals surface area contributed by atoms with Gasteiger partial charge in [-0.25, -0.2) is 4.98 Å². The van der Waals surface area contributed by atoms with Crippen LogP contribution in [0.2, 0.25) is 0 Å². The first kappa shape index (κ1) is 13.7. The molecule has 0 aromatic carbocycles. The van der Waals surface area contributed by atoms with Gasteiger partial charge in [-0.1, -0.05) is 0 Å². The fourth-order valence-electron chi connectivity index (χ4n) is 1.70. The lowest BCUT2D eigenvalue weighted by molar-refractivity contribution is -0.130. The molecule has 5 nitrogen and oxygen atoms in total. The molecule has 1 rings (SSSR count). The van der Waals surface area contributed by atoms with Crippen molar-refractivity contribution in [2.75, 3.05) is 19.6 Å². The molecule has 96 valence electrons. The second-order valence-electron chi connectivity index (χ2n) is 3.88. The molecule has 0 atom stereocenters. The van der Waals surface area contributed by atoms with Crippen LogP contribution in [0.1, 0.15) is 32.5 Å². The van der Waals surface area contributed by atoms with Crippen molar-refractivity contribution < 1.29 is 4.79 Å². The van der Waals surface area contributed by atoms with E-state index >= 15 is 0 Å². The van der Waals surface area contributed by atoms with E-state index in [0.717, 1.165) is 38.4 Å². The third-order valence-electron chi connectivity index (χ3n) is 2.71. The van der Waals surface area contributed by atoms with E-state index in [9.17, 15) is 4.79 Å². The van der Waals surface area contributed by atoms with Crippen molar-refractivity contribution in [3.05, 3.63) is 18.2 Å². The Morgan fingerprint density at radius 1 is 1.47 bits per heavy atom. The zero-order valence-corrected chi connectivity index (χ0v) is 10.7. The summed E-state index contributed by atoms with van der Waals surface area (Å²) < 4.78 is 0. The van der Waals surface area contributed by atoms with Crippen LogP contribution >= 0.6 is 0 Å². The number of rotatable bonds is 8. The molecule has 0 aliphatic carbocycles. The molecule has 0 saturated carbocycles. The van der Waals surface area contributed by atoms with Crippen LogP contribution in [0, 0.1) is 0 Å². The lowest BCUT2D eigenvalue weighted by Crippen LogP contribution is -2.30. The number of aromatic amines is 1. The number of amides is 1. The Balaban J connectivity index is 2.05. The molecule has 0 saturated heterocycles. The van der Waals surface area contributed by atoms with Gasteiger partial charge in [-0.15, -0.1) is 0 Å². The molecule has 5 heteroatoms. The normalized spacial score (nSPS) is 10.5. The van der Waals surface area contributed by atoms with Crippen LogP contribution in [0.4, 0.5) is 0 Å². The number of hydrogen-bond donors (Lipinski definition) is 2. The van der Waals surface area contributed by atoms with Crippen molar-refractivity contribution in [3.63, 3.8) is 0 Å². The maximum Gasteiger partial charge on any atom is 0.222 e. The number of nitrogens with zero attached hydrogens (tertiary/aromatic N) is 2. The van der Waals surface area contributed by atoms with Gasteiger partial charge in [-0.3, -0.25) is 4.79 Å². The minimum Gasteiger partial charge on any atom is -0.348 e. The Morgan fingerprint density at radius 3 is 2.82 bits per heavy atom. The minimum absolute atomic E-state index is 0.245. The molecule has 0 unspecified atom stereocenters. The number of hydrogen-bond acceptors (Lipinski definition) is 3. The quantitative estimate of drug-likeness (QED) is 0.668. The Morgan fingerprint density at radius 2 is 2.24 bits per heavy atom. The molecular weight excluding hydrogens is 216 g/mol. The Labute approximate surface area is 103 Å². The first-order valence-electron chi connectivity index (χ1n) is 6.24. The molecule has 0 aliphatic rings. The second kappa shape index (κ2) is 7.84. The standard InChI is InChI=1S/C12H22N4O/c1-3-16(4-2)12(17)6-5-7-13-10-11-14-8-9-15-11/h8-9,13H,3-7,10H2,1-2H3,(H,14,15). The van der Waals surface area contributed by atoms with Gasteiger partial charge in [0.1, 0.15) is 5.82 Å². The van der Waals surface area contributed by atoms with Crippen LogP contribution < -0.4 is 5.32 Å². The van der Waals surface area contributed by atoms with Gasteiger partial charge in [0.15, 0.2) is 0 Å². The third kappa shape index (κ3) is 4.99. The van der Waals surface area contributed by atoms with Crippen LogP contribution in [-0.4, -0.2) is 40.4 Å². The summed E-state index contributed by atoms with van der Waals surface area (Å²) in [5.41, 5.74) is 0. The SMILES string of the molecule is CCN(CC)C(=O)CCCNCc1ncc[nH]1. The van der Waals surface area contributed by atoms with E-state index in [1.807, 2.05) is 18.7 Å². The molecule has 17 heavy (non-hydrogen) atoms. The van der Waals surface area contributed by atoms with Crippen molar-refractivity contribution >= 4 is 5.91 Å². The lowest BCUT2D eigenvalue weighted by Gasteiger charge is -2.18. The summed E-state index contributed by atoms with van der Waals surface area (Å²) in [7, 11) is 0. The Hall–Kier alpha value is -1.36. The third-order valence-corrected chi connectivity index (χ3v) is 2.71. The van der Waals surface area contributed by atoms with Gasteiger partial charge in [0.25, 0.3) is 0 Å². The monoisotopic (exact) mass is 238 g/mol. The molecule has 1 aromatic heterocycles. The van der Waals surface area contributed by atoms with Gasteiger partial charge in [-0.2, -0.15) is 0 Å². The number of carbonyl (C=O) groups excluding carboxylic acids is 1. The van der Waals surface area contributed by atoms with Gasteiger partial charge in [0, 0.05) is 31.9 Å². The second-order valence-corrected chi connectivity index (χ2v) is 3.88. The lowest BCUT2D eigenvalue weighted by atomic mass is 10.2. The average Bonchev–Trinajstić information content (AvgIpc) is 2.83. The van der Waals surface area contributed by atoms with E-state index < -0.39 is 0 Å². The van der Waals surface area contributed by atoms with Crippen LogP contribution in [0.3, 0.4) is 0 Å². The molecule has 2 N–H and O–H groups in total. The molecule has 1 heterocycles. The van der Waals surface area contributed by atoms with Crippen LogP contribution in [-0.2, 0) is 11.3 Å². The zero-order valence-electron chi connectivity index (χ0n) is 10.7. The van der Waals surface area contributed by atoms with Crippen LogP contribution in [0.15, 0.2) is 12.4 Å². The topological polar surface area (TPSA) is 61.0 Å². The molecule has 0 bridgehead atoms. The van der Waals surface area contributed by atoms with Crippen molar-refractivity contribution in [1.29, 1.82) is 0 Å². The van der Waals surface area contributed by atoms with Crippen molar-refractivity contribution in [2.24, 2.45) is 0 Å². The summed E-state index contributed by atoms with van der Waals surface area (Å²) in [6.07, 6.45) is 5.03. The number of carbonyl (C=O) groups is 1. The highest BCUT2D eigenvalue weighted by atomic mass is 16.2. The Kier molecular flexibility index (Phi) is 6.32. The minimum atomic E-state index is 0.245. The van der Waals surface area contributed by atoms with Crippen molar-refractivity contribution in [3.8, 4) is 0 Å². The number of imidazole rings is 1. The Bertz CT molecular complexity index is 306. The molecule has 1 aromatic rings. The first-order chi connectivity index (χ1) is 8.27. The van der Waals surface area contributed by atoms with Gasteiger partial charge in [0.05, 0.1) is 6.54 Å². The first-order valence-corrected chi connectivity index (χ1v) is 6.24. The molecule has 0 spiro atoms. The maximum atomic E-state index is 11.7. The van der Waals surface area contributed by atoms with Gasteiger partial charge < -0.3 is 15.2 Å². The molecule has 1 amide bonds. The van der Waals surface area contributed by atoms with E-state index in [-0.39, 0.29) is 5.91 Å². The van der Waals surface area contributed by atoms with E-state index in [4.69, 9.17) is 0 Å². The van der Waals surface area contributed by atoms with Gasteiger partial charge in [-0.05, 0) is 26.8 Å². The highest BCUT2D eigenvalue weighted by Gasteiger charge is 2.08. The highest BCUT2D eigenvalue weighted by molar-refractivity contribution is 5.76. The summed E-state index contributed by atoms with van der Waals surface area (Å²) in [5.74, 6) is 1.18. The summed E-state index contributed by atoms with van der Waals surface area (Å²) in [5, 5.41) is 3.25. The predicted molar refractivity (Wildman–Crippen MR) is 67.5 cm³/mol. The van der Waals surface area contributed by atoms with E-state index in [1.54, 1.807) is 12.4 Å². The summed E-state index contributed by atoms with van der Waals surface area (Å²) in [6, 6.07) is 0. The predicted octanol–water partition coefficient (Wildman–Crippen LogP) is 1.15. The molecular formula is C12H22N4O. The number of nitrogens with one attached hydrogen (secondary N) is 2. The molecule has 0 aliphatic heterocycles. The number of H-pyrrole nitrogens is 1. The number of aromatic nitrogens is 2. The average molecular weight is 238 g/mol. The van der Waals surface area contributed by atoms with Crippen LogP contribution in [0.5, 0.6) is 0 Å². The smallest absolute Gasteiger partial charge is 0.222 e. The van der Waals surface area contributed by atoms with E-state index in [0.29, 0.717) is 6.42 Å². The summed E-state index contributed by atoms with van der Waals surface area (Å²) in [4.78, 5) is 20.7. The fourth-order valence-corrected chi connectivity index (χ4v) is 1.70. The van der Waals surface area contributed by atoms with Crippen molar-refractivity contribution in [1.82, 2.24) is 20.2 Å². The zero-order chi connectivity index (χ0) is 12.5. The summed E-state index contributed by atoms with van der Waals surface area (Å²) >= 11 is 0. The van der Waals surface area contributed by atoms with E-state index in [2.05, 4.69) is 15.3 Å². The van der Waals surface area contributed by atoms with Crippen molar-refractivity contribution in [2.45, 2.75) is 33.2 Å². The maximum absolute atomic E-state index is 11.7. The fraction of sp³-hybridized carbons (Fsp3) is 0.667. The largest absolute Gasteiger partial charge is 0.348 e.